The van der Waals surface area contributed by atoms with Gasteiger partial charge in [-0.15, -0.1) is 0 Å². The number of hydrogen-bond acceptors (Lipinski definition) is 2. The zero-order valence-corrected chi connectivity index (χ0v) is 13.0. The predicted octanol–water partition coefficient (Wildman–Crippen LogP) is 4.45. The molecule has 0 aliphatic carbocycles. The molecule has 0 atom stereocenters. The van der Waals surface area contributed by atoms with Crippen molar-refractivity contribution in [2.24, 2.45) is 0 Å². The SMILES string of the molecule is CCCCC(=O)c1cc(C)c(OCCBr)c(C)c1. The van der Waals surface area contributed by atoms with E-state index < -0.39 is 0 Å². The van der Waals surface area contributed by atoms with Crippen LogP contribution >= 0.6 is 15.9 Å². The van der Waals surface area contributed by atoms with Crippen molar-refractivity contribution >= 4 is 21.7 Å². The summed E-state index contributed by atoms with van der Waals surface area (Å²) in [5.74, 6) is 1.14. The summed E-state index contributed by atoms with van der Waals surface area (Å²) in [6.07, 6.45) is 2.64. The van der Waals surface area contributed by atoms with Gasteiger partial charge in [-0.3, -0.25) is 4.79 Å². The molecule has 2 nitrogen and oxygen atoms in total. The molecule has 0 aliphatic heterocycles. The van der Waals surface area contributed by atoms with Crippen molar-refractivity contribution in [3.8, 4) is 5.75 Å². The quantitative estimate of drug-likeness (QED) is 0.549. The molecule has 1 rings (SSSR count). The van der Waals surface area contributed by atoms with E-state index in [0.717, 1.165) is 40.6 Å². The maximum absolute atomic E-state index is 12.0. The Balaban J connectivity index is 2.88. The second kappa shape index (κ2) is 7.57. The summed E-state index contributed by atoms with van der Waals surface area (Å²) >= 11 is 3.34. The molecule has 0 bridgehead atoms. The molecular formula is C15H21BrO2. The van der Waals surface area contributed by atoms with Crippen LogP contribution in [0.2, 0.25) is 0 Å². The third-order valence-corrected chi connectivity index (χ3v) is 3.19. The average molecular weight is 313 g/mol. The molecule has 0 fully saturated rings. The number of carbonyl (C=O) groups is 1. The lowest BCUT2D eigenvalue weighted by Gasteiger charge is -2.13. The largest absolute Gasteiger partial charge is 0.492 e. The average Bonchev–Trinajstić information content (AvgIpc) is 2.34. The fourth-order valence-corrected chi connectivity index (χ4v) is 2.12. The first-order valence-electron chi connectivity index (χ1n) is 6.43. The van der Waals surface area contributed by atoms with Gasteiger partial charge in [0, 0.05) is 17.3 Å². The van der Waals surface area contributed by atoms with E-state index >= 15 is 0 Å². The van der Waals surface area contributed by atoms with Gasteiger partial charge in [0.15, 0.2) is 5.78 Å². The molecule has 0 saturated carbocycles. The van der Waals surface area contributed by atoms with Gasteiger partial charge in [-0.05, 0) is 43.5 Å². The summed E-state index contributed by atoms with van der Waals surface area (Å²) in [5, 5.41) is 0.809. The molecule has 1 aromatic carbocycles. The van der Waals surface area contributed by atoms with Crippen LogP contribution in [0.4, 0.5) is 0 Å². The molecule has 0 N–H and O–H groups in total. The fourth-order valence-electron chi connectivity index (χ4n) is 1.96. The predicted molar refractivity (Wildman–Crippen MR) is 79.1 cm³/mol. The number of aryl methyl sites for hydroxylation is 2. The van der Waals surface area contributed by atoms with Gasteiger partial charge in [0.25, 0.3) is 0 Å². The minimum atomic E-state index is 0.232. The Morgan fingerprint density at radius 1 is 1.28 bits per heavy atom. The van der Waals surface area contributed by atoms with Gasteiger partial charge in [-0.1, -0.05) is 29.3 Å². The Hall–Kier alpha value is -0.830. The van der Waals surface area contributed by atoms with Crippen molar-refractivity contribution in [2.45, 2.75) is 40.0 Å². The molecule has 100 valence electrons. The van der Waals surface area contributed by atoms with Crippen molar-refractivity contribution in [1.82, 2.24) is 0 Å². The van der Waals surface area contributed by atoms with Crippen molar-refractivity contribution in [3.63, 3.8) is 0 Å². The molecule has 18 heavy (non-hydrogen) atoms. The number of Topliss-reactive ketones (excluding diaryl/α,β-unsaturated/α-hetero) is 1. The second-order valence-corrected chi connectivity index (χ2v) is 5.30. The van der Waals surface area contributed by atoms with Crippen molar-refractivity contribution in [1.29, 1.82) is 0 Å². The van der Waals surface area contributed by atoms with E-state index in [-0.39, 0.29) is 5.78 Å². The highest BCUT2D eigenvalue weighted by molar-refractivity contribution is 9.09. The standard InChI is InChI=1S/C15H21BrO2/c1-4-5-6-14(17)13-9-11(2)15(12(3)10-13)18-8-7-16/h9-10H,4-8H2,1-3H3. The van der Waals surface area contributed by atoms with E-state index in [1.54, 1.807) is 0 Å². The number of ether oxygens (including phenoxy) is 1. The van der Waals surface area contributed by atoms with E-state index in [4.69, 9.17) is 4.74 Å². The Morgan fingerprint density at radius 2 is 1.89 bits per heavy atom. The van der Waals surface area contributed by atoms with Crippen LogP contribution in [0.1, 0.15) is 47.7 Å². The maximum atomic E-state index is 12.0. The molecule has 0 radical (unpaired) electrons. The van der Waals surface area contributed by atoms with Crippen LogP contribution < -0.4 is 4.74 Å². The molecule has 0 heterocycles. The molecule has 0 spiro atoms. The highest BCUT2D eigenvalue weighted by Gasteiger charge is 2.11. The third-order valence-electron chi connectivity index (χ3n) is 2.86. The molecule has 0 saturated heterocycles. The number of ketones is 1. The lowest BCUT2D eigenvalue weighted by atomic mass is 10.00. The topological polar surface area (TPSA) is 26.3 Å². The number of rotatable bonds is 7. The van der Waals surface area contributed by atoms with Gasteiger partial charge >= 0.3 is 0 Å². The number of unbranched alkanes of at least 4 members (excludes halogenated alkanes) is 1. The van der Waals surface area contributed by atoms with Crippen molar-refractivity contribution in [2.75, 3.05) is 11.9 Å². The molecule has 0 aliphatic rings. The van der Waals surface area contributed by atoms with Crippen LogP contribution in [0, 0.1) is 13.8 Å². The van der Waals surface area contributed by atoms with E-state index in [0.29, 0.717) is 13.0 Å². The second-order valence-electron chi connectivity index (χ2n) is 4.50. The van der Waals surface area contributed by atoms with Gasteiger partial charge in [0.05, 0.1) is 6.61 Å². The number of halogens is 1. The highest BCUT2D eigenvalue weighted by Crippen LogP contribution is 2.25. The van der Waals surface area contributed by atoms with Crippen LogP contribution in [0.3, 0.4) is 0 Å². The van der Waals surface area contributed by atoms with Crippen LogP contribution in [-0.2, 0) is 0 Å². The monoisotopic (exact) mass is 312 g/mol. The minimum absolute atomic E-state index is 0.232. The van der Waals surface area contributed by atoms with Crippen LogP contribution in [0.5, 0.6) is 5.75 Å². The van der Waals surface area contributed by atoms with E-state index in [2.05, 4.69) is 22.9 Å². The lowest BCUT2D eigenvalue weighted by molar-refractivity contribution is 0.0979. The summed E-state index contributed by atoms with van der Waals surface area (Å²) in [6.45, 7) is 6.73. The zero-order chi connectivity index (χ0) is 13.5. The van der Waals surface area contributed by atoms with Crippen molar-refractivity contribution in [3.05, 3.63) is 28.8 Å². The van der Waals surface area contributed by atoms with Crippen LogP contribution in [0.25, 0.3) is 0 Å². The number of hydrogen-bond donors (Lipinski definition) is 0. The van der Waals surface area contributed by atoms with E-state index in [9.17, 15) is 4.79 Å². The molecule has 0 aromatic heterocycles. The van der Waals surface area contributed by atoms with E-state index in [1.165, 1.54) is 0 Å². The van der Waals surface area contributed by atoms with Gasteiger partial charge in [0.1, 0.15) is 5.75 Å². The first-order valence-corrected chi connectivity index (χ1v) is 7.55. The fraction of sp³-hybridized carbons (Fsp3) is 0.533. The Morgan fingerprint density at radius 3 is 2.39 bits per heavy atom. The molecule has 0 amide bonds. The highest BCUT2D eigenvalue weighted by atomic mass is 79.9. The van der Waals surface area contributed by atoms with Gasteiger partial charge in [-0.2, -0.15) is 0 Å². The molecule has 3 heteroatoms. The number of alkyl halides is 1. The Bertz CT molecular complexity index is 390. The summed E-state index contributed by atoms with van der Waals surface area (Å²) in [4.78, 5) is 12.0. The Kier molecular flexibility index (Phi) is 6.41. The summed E-state index contributed by atoms with van der Waals surface area (Å²) in [6, 6.07) is 3.88. The van der Waals surface area contributed by atoms with Crippen LogP contribution in [-0.4, -0.2) is 17.7 Å². The number of benzene rings is 1. The van der Waals surface area contributed by atoms with Crippen molar-refractivity contribution < 1.29 is 9.53 Å². The molecular weight excluding hydrogens is 292 g/mol. The molecule has 0 unspecified atom stereocenters. The third kappa shape index (κ3) is 4.13. The first kappa shape index (κ1) is 15.2. The van der Waals surface area contributed by atoms with Gasteiger partial charge in [0.2, 0.25) is 0 Å². The zero-order valence-electron chi connectivity index (χ0n) is 11.4. The van der Waals surface area contributed by atoms with Gasteiger partial charge in [-0.25, -0.2) is 0 Å². The smallest absolute Gasteiger partial charge is 0.162 e. The number of carbonyl (C=O) groups excluding carboxylic acids is 1. The first-order chi connectivity index (χ1) is 8.60. The summed E-state index contributed by atoms with van der Waals surface area (Å²) < 4.78 is 5.67. The lowest BCUT2D eigenvalue weighted by Crippen LogP contribution is -2.05. The maximum Gasteiger partial charge on any atom is 0.162 e. The summed E-state index contributed by atoms with van der Waals surface area (Å²) in [7, 11) is 0. The Labute approximate surface area is 118 Å². The summed E-state index contributed by atoms with van der Waals surface area (Å²) in [5.41, 5.74) is 2.89. The minimum Gasteiger partial charge on any atom is -0.492 e. The normalized spacial score (nSPS) is 10.4. The van der Waals surface area contributed by atoms with Gasteiger partial charge < -0.3 is 4.74 Å². The molecule has 1 aromatic rings. The van der Waals surface area contributed by atoms with Crippen LogP contribution in [0.15, 0.2) is 12.1 Å². The van der Waals surface area contributed by atoms with E-state index in [1.807, 2.05) is 26.0 Å².